The third-order valence-corrected chi connectivity index (χ3v) is 4.45. The zero-order valence-electron chi connectivity index (χ0n) is 11.4. The summed E-state index contributed by atoms with van der Waals surface area (Å²) < 4.78 is 0.785. The molecule has 0 aliphatic heterocycles. The van der Waals surface area contributed by atoms with E-state index in [9.17, 15) is 4.79 Å². The van der Waals surface area contributed by atoms with Crippen LogP contribution in [0.15, 0.2) is 36.4 Å². The summed E-state index contributed by atoms with van der Waals surface area (Å²) in [6.07, 6.45) is 0.373. The smallest absolute Gasteiger partial charge is 0.224 e. The van der Waals surface area contributed by atoms with Gasteiger partial charge in [-0.15, -0.1) is 11.3 Å². The zero-order chi connectivity index (χ0) is 14.5. The highest BCUT2D eigenvalue weighted by atomic mass is 35.5. The maximum absolute atomic E-state index is 11.5. The quantitative estimate of drug-likeness (QED) is 0.880. The van der Waals surface area contributed by atoms with E-state index < -0.39 is 0 Å². The van der Waals surface area contributed by atoms with E-state index in [-0.39, 0.29) is 11.9 Å². The number of hydrogen-bond donors (Lipinski definition) is 2. The van der Waals surface area contributed by atoms with Gasteiger partial charge in [0.25, 0.3) is 0 Å². The van der Waals surface area contributed by atoms with Gasteiger partial charge in [0.05, 0.1) is 16.8 Å². The molecule has 0 radical (unpaired) electrons. The average molecular weight is 309 g/mol. The Morgan fingerprint density at radius 3 is 2.70 bits per heavy atom. The number of carbonyl (C=O) groups excluding carboxylic acids is 1. The first-order valence-corrected chi connectivity index (χ1v) is 7.60. The molecule has 0 fully saturated rings. The summed E-state index contributed by atoms with van der Waals surface area (Å²) in [5.41, 5.74) is 1.97. The van der Waals surface area contributed by atoms with Gasteiger partial charge in [0, 0.05) is 17.6 Å². The SMILES string of the molecule is CNC(=O)Cc1ccccc1NC(C)c1ccc(Cl)s1. The van der Waals surface area contributed by atoms with Crippen molar-refractivity contribution in [2.24, 2.45) is 0 Å². The Balaban J connectivity index is 2.14. The molecule has 1 amide bonds. The number of thiophene rings is 1. The lowest BCUT2D eigenvalue weighted by Gasteiger charge is -2.17. The van der Waals surface area contributed by atoms with Crippen molar-refractivity contribution in [1.29, 1.82) is 0 Å². The molecule has 0 spiro atoms. The number of anilines is 1. The van der Waals surface area contributed by atoms with E-state index in [1.54, 1.807) is 18.4 Å². The minimum absolute atomic E-state index is 0.00562. The fraction of sp³-hybridized carbons (Fsp3) is 0.267. The number of rotatable bonds is 5. The molecule has 1 atom stereocenters. The number of nitrogens with one attached hydrogen (secondary N) is 2. The van der Waals surface area contributed by atoms with Crippen molar-refractivity contribution >= 4 is 34.5 Å². The molecule has 1 unspecified atom stereocenters. The van der Waals surface area contributed by atoms with Crippen LogP contribution in [-0.2, 0) is 11.2 Å². The largest absolute Gasteiger partial charge is 0.377 e. The number of likely N-dealkylation sites (N-methyl/N-ethyl adjacent to an activating group) is 1. The van der Waals surface area contributed by atoms with Crippen molar-refractivity contribution in [2.75, 3.05) is 12.4 Å². The van der Waals surface area contributed by atoms with Gasteiger partial charge in [-0.3, -0.25) is 4.79 Å². The van der Waals surface area contributed by atoms with Crippen LogP contribution < -0.4 is 10.6 Å². The predicted molar refractivity (Wildman–Crippen MR) is 85.6 cm³/mol. The van der Waals surface area contributed by atoms with Gasteiger partial charge in [0.2, 0.25) is 5.91 Å². The normalized spacial score (nSPS) is 11.9. The fourth-order valence-corrected chi connectivity index (χ4v) is 3.01. The maximum Gasteiger partial charge on any atom is 0.224 e. The standard InChI is InChI=1S/C15H17ClN2OS/c1-10(13-7-8-14(16)20-13)18-12-6-4-3-5-11(12)9-15(19)17-2/h3-8,10,18H,9H2,1-2H3,(H,17,19). The Morgan fingerprint density at radius 2 is 2.05 bits per heavy atom. The Bertz CT molecular complexity index is 597. The highest BCUT2D eigenvalue weighted by Gasteiger charge is 2.11. The van der Waals surface area contributed by atoms with Gasteiger partial charge in [-0.25, -0.2) is 0 Å². The van der Waals surface area contributed by atoms with E-state index in [2.05, 4.69) is 17.6 Å². The molecule has 2 N–H and O–H groups in total. The van der Waals surface area contributed by atoms with Crippen LogP contribution in [0.2, 0.25) is 4.34 Å². The van der Waals surface area contributed by atoms with Gasteiger partial charge >= 0.3 is 0 Å². The summed E-state index contributed by atoms with van der Waals surface area (Å²) in [7, 11) is 1.65. The molecule has 20 heavy (non-hydrogen) atoms. The number of amides is 1. The first kappa shape index (κ1) is 14.9. The lowest BCUT2D eigenvalue weighted by molar-refractivity contribution is -0.119. The minimum atomic E-state index is 0.00562. The van der Waals surface area contributed by atoms with Crippen molar-refractivity contribution < 1.29 is 4.79 Å². The molecule has 1 aromatic heterocycles. The molecule has 0 aliphatic rings. The Morgan fingerprint density at radius 1 is 1.30 bits per heavy atom. The summed E-state index contributed by atoms with van der Waals surface area (Å²) in [4.78, 5) is 12.7. The molecule has 0 saturated heterocycles. The monoisotopic (exact) mass is 308 g/mol. The van der Waals surface area contributed by atoms with E-state index in [4.69, 9.17) is 11.6 Å². The average Bonchev–Trinajstić information content (AvgIpc) is 2.87. The van der Waals surface area contributed by atoms with Crippen molar-refractivity contribution in [2.45, 2.75) is 19.4 Å². The number of benzene rings is 1. The van der Waals surface area contributed by atoms with Crippen molar-refractivity contribution in [3.05, 3.63) is 51.2 Å². The van der Waals surface area contributed by atoms with Crippen molar-refractivity contribution in [1.82, 2.24) is 5.32 Å². The van der Waals surface area contributed by atoms with Crippen LogP contribution in [0.1, 0.15) is 23.4 Å². The second-order valence-corrected chi connectivity index (χ2v) is 6.26. The zero-order valence-corrected chi connectivity index (χ0v) is 13.0. The fourth-order valence-electron chi connectivity index (χ4n) is 1.94. The second-order valence-electron chi connectivity index (χ2n) is 4.52. The van der Waals surface area contributed by atoms with E-state index in [0.29, 0.717) is 6.42 Å². The van der Waals surface area contributed by atoms with Gasteiger partial charge in [-0.05, 0) is 30.7 Å². The number of carbonyl (C=O) groups is 1. The van der Waals surface area contributed by atoms with Crippen molar-refractivity contribution in [3.63, 3.8) is 0 Å². The molecule has 3 nitrogen and oxygen atoms in total. The Labute approximate surface area is 128 Å². The van der Waals surface area contributed by atoms with Crippen LogP contribution in [0, 0.1) is 0 Å². The second kappa shape index (κ2) is 6.77. The minimum Gasteiger partial charge on any atom is -0.377 e. The van der Waals surface area contributed by atoms with Gasteiger partial charge in [0.1, 0.15) is 0 Å². The lowest BCUT2D eigenvalue weighted by Crippen LogP contribution is -2.20. The number of para-hydroxylation sites is 1. The lowest BCUT2D eigenvalue weighted by atomic mass is 10.1. The van der Waals surface area contributed by atoms with E-state index >= 15 is 0 Å². The van der Waals surface area contributed by atoms with Gasteiger partial charge in [0.15, 0.2) is 0 Å². The van der Waals surface area contributed by atoms with Gasteiger partial charge < -0.3 is 10.6 Å². The van der Waals surface area contributed by atoms with Gasteiger partial charge in [-0.1, -0.05) is 29.8 Å². The molecule has 5 heteroatoms. The topological polar surface area (TPSA) is 41.1 Å². The molecule has 1 heterocycles. The van der Waals surface area contributed by atoms with Crippen molar-refractivity contribution in [3.8, 4) is 0 Å². The first-order valence-electron chi connectivity index (χ1n) is 6.40. The van der Waals surface area contributed by atoms with Crippen LogP contribution in [-0.4, -0.2) is 13.0 Å². The van der Waals surface area contributed by atoms with Crippen LogP contribution >= 0.6 is 22.9 Å². The van der Waals surface area contributed by atoms with Crippen LogP contribution in [0.5, 0.6) is 0 Å². The van der Waals surface area contributed by atoms with E-state index in [0.717, 1.165) is 15.6 Å². The Hall–Kier alpha value is -1.52. The molecule has 106 valence electrons. The summed E-state index contributed by atoms with van der Waals surface area (Å²) in [5.74, 6) is 0.00562. The number of hydrogen-bond acceptors (Lipinski definition) is 3. The highest BCUT2D eigenvalue weighted by Crippen LogP contribution is 2.30. The molecule has 2 rings (SSSR count). The van der Waals surface area contributed by atoms with E-state index in [1.165, 1.54) is 4.88 Å². The van der Waals surface area contributed by atoms with Crippen LogP contribution in [0.25, 0.3) is 0 Å². The molecule has 1 aromatic carbocycles. The summed E-state index contributed by atoms with van der Waals surface area (Å²) in [5, 5.41) is 6.09. The maximum atomic E-state index is 11.5. The molecule has 0 aliphatic carbocycles. The number of halogens is 1. The molecule has 0 bridgehead atoms. The molecule has 2 aromatic rings. The molecule has 0 saturated carbocycles. The van der Waals surface area contributed by atoms with Gasteiger partial charge in [-0.2, -0.15) is 0 Å². The summed E-state index contributed by atoms with van der Waals surface area (Å²) in [6, 6.07) is 11.9. The third kappa shape index (κ3) is 3.74. The Kier molecular flexibility index (Phi) is 5.04. The molecular formula is C15H17ClN2OS. The summed E-state index contributed by atoms with van der Waals surface area (Å²) in [6.45, 7) is 2.08. The predicted octanol–water partition coefficient (Wildman–Crippen LogP) is 3.86. The first-order chi connectivity index (χ1) is 9.60. The third-order valence-electron chi connectivity index (χ3n) is 3.04. The molecular weight excluding hydrogens is 292 g/mol. The highest BCUT2D eigenvalue weighted by molar-refractivity contribution is 7.16. The summed E-state index contributed by atoms with van der Waals surface area (Å²) >= 11 is 7.53. The van der Waals surface area contributed by atoms with E-state index in [1.807, 2.05) is 36.4 Å². The van der Waals surface area contributed by atoms with Crippen LogP contribution in [0.3, 0.4) is 0 Å². The van der Waals surface area contributed by atoms with Crippen LogP contribution in [0.4, 0.5) is 5.69 Å².